The second-order valence-corrected chi connectivity index (χ2v) is 7.52. The minimum atomic E-state index is -0.881. The van der Waals surface area contributed by atoms with Crippen LogP contribution in [0.3, 0.4) is 0 Å². The van der Waals surface area contributed by atoms with E-state index in [1.807, 2.05) is 0 Å². The number of Topliss-reactive ketones (excluding diaryl/α,β-unsaturated/α-hetero) is 2. The third kappa shape index (κ3) is 2.97. The van der Waals surface area contributed by atoms with Crippen LogP contribution < -0.4 is 0 Å². The van der Waals surface area contributed by atoms with Gasteiger partial charge in [0, 0.05) is 25.9 Å². The number of carbonyl (C=O) groups excluding carboxylic acids is 5. The minimum absolute atomic E-state index is 0.0437. The quantitative estimate of drug-likeness (QED) is 0.591. The number of carbonyl (C=O) groups is 5. The minimum Gasteiger partial charge on any atom is -0.341 e. The van der Waals surface area contributed by atoms with Crippen LogP contribution in [0.4, 0.5) is 0 Å². The molecule has 0 N–H and O–H groups in total. The molecule has 0 saturated heterocycles. The molecule has 2 fully saturated rings. The SMILES string of the molecule is CN(Cc1cccc2c1C(=O)N(C1CCC(=O)CC1=O)C2=O)C(=O)C1CC1. The van der Waals surface area contributed by atoms with Gasteiger partial charge in [0.2, 0.25) is 5.91 Å². The lowest BCUT2D eigenvalue weighted by Crippen LogP contribution is -2.47. The second-order valence-electron chi connectivity index (χ2n) is 7.52. The third-order valence-electron chi connectivity index (χ3n) is 5.49. The Hall–Kier alpha value is -2.83. The van der Waals surface area contributed by atoms with Crippen LogP contribution in [0.1, 0.15) is 58.4 Å². The second kappa shape index (κ2) is 6.40. The number of rotatable bonds is 4. The number of ketones is 2. The monoisotopic (exact) mass is 368 g/mol. The number of fused-ring (bicyclic) bond motifs is 1. The molecule has 0 radical (unpaired) electrons. The van der Waals surface area contributed by atoms with Gasteiger partial charge in [-0.3, -0.25) is 28.9 Å². The number of imide groups is 1. The Morgan fingerprint density at radius 1 is 1.11 bits per heavy atom. The average Bonchev–Trinajstić information content (AvgIpc) is 3.44. The maximum Gasteiger partial charge on any atom is 0.262 e. The number of hydrogen-bond donors (Lipinski definition) is 0. The van der Waals surface area contributed by atoms with Crippen molar-refractivity contribution in [2.45, 2.75) is 44.7 Å². The molecule has 1 aromatic carbocycles. The van der Waals surface area contributed by atoms with Gasteiger partial charge < -0.3 is 4.90 Å². The summed E-state index contributed by atoms with van der Waals surface area (Å²) in [4.78, 5) is 64.4. The van der Waals surface area contributed by atoms with Crippen molar-refractivity contribution in [2.24, 2.45) is 5.92 Å². The molecule has 2 aliphatic carbocycles. The molecule has 2 saturated carbocycles. The Bertz CT molecular complexity index is 886. The zero-order chi connectivity index (χ0) is 19.3. The van der Waals surface area contributed by atoms with E-state index >= 15 is 0 Å². The highest BCUT2D eigenvalue weighted by Gasteiger charge is 2.45. The number of hydrogen-bond acceptors (Lipinski definition) is 5. The first-order valence-electron chi connectivity index (χ1n) is 9.17. The van der Waals surface area contributed by atoms with Crippen molar-refractivity contribution in [1.29, 1.82) is 0 Å². The molecular formula is C20H20N2O5. The molecule has 1 atom stereocenters. The fourth-order valence-electron chi connectivity index (χ4n) is 3.90. The summed E-state index contributed by atoms with van der Waals surface area (Å²) in [5, 5.41) is 0. The summed E-state index contributed by atoms with van der Waals surface area (Å²) in [7, 11) is 1.69. The molecule has 27 heavy (non-hydrogen) atoms. The molecule has 3 amide bonds. The summed E-state index contributed by atoms with van der Waals surface area (Å²) >= 11 is 0. The number of benzene rings is 1. The molecular weight excluding hydrogens is 348 g/mol. The van der Waals surface area contributed by atoms with Crippen molar-refractivity contribution in [2.75, 3.05) is 7.05 Å². The van der Waals surface area contributed by atoms with Crippen molar-refractivity contribution in [3.63, 3.8) is 0 Å². The van der Waals surface area contributed by atoms with Gasteiger partial charge in [-0.05, 0) is 30.9 Å². The smallest absolute Gasteiger partial charge is 0.262 e. The van der Waals surface area contributed by atoms with E-state index in [-0.39, 0.29) is 60.3 Å². The van der Waals surface area contributed by atoms with E-state index in [2.05, 4.69) is 0 Å². The van der Waals surface area contributed by atoms with E-state index in [9.17, 15) is 24.0 Å². The maximum absolute atomic E-state index is 13.0. The highest BCUT2D eigenvalue weighted by molar-refractivity contribution is 6.24. The zero-order valence-corrected chi connectivity index (χ0v) is 15.1. The molecule has 1 aromatic rings. The van der Waals surface area contributed by atoms with Crippen molar-refractivity contribution >= 4 is 29.3 Å². The summed E-state index contributed by atoms with van der Waals surface area (Å²) in [6.07, 6.45) is 1.92. The normalized spacial score (nSPS) is 22.3. The van der Waals surface area contributed by atoms with Gasteiger partial charge >= 0.3 is 0 Å². The molecule has 1 aliphatic heterocycles. The Morgan fingerprint density at radius 2 is 1.85 bits per heavy atom. The van der Waals surface area contributed by atoms with Gasteiger partial charge in [-0.25, -0.2) is 0 Å². The topological polar surface area (TPSA) is 91.8 Å². The van der Waals surface area contributed by atoms with Gasteiger partial charge in [-0.2, -0.15) is 0 Å². The van der Waals surface area contributed by atoms with Crippen LogP contribution >= 0.6 is 0 Å². The van der Waals surface area contributed by atoms with Crippen LogP contribution in [-0.4, -0.2) is 52.2 Å². The first-order chi connectivity index (χ1) is 12.9. The van der Waals surface area contributed by atoms with Gasteiger partial charge in [0.1, 0.15) is 5.78 Å². The molecule has 0 spiro atoms. The van der Waals surface area contributed by atoms with Gasteiger partial charge in [-0.15, -0.1) is 0 Å². The van der Waals surface area contributed by atoms with Crippen molar-refractivity contribution in [3.05, 3.63) is 34.9 Å². The molecule has 0 bridgehead atoms. The van der Waals surface area contributed by atoms with Crippen molar-refractivity contribution in [3.8, 4) is 0 Å². The Balaban J connectivity index is 1.62. The van der Waals surface area contributed by atoms with E-state index in [4.69, 9.17) is 0 Å². The molecule has 3 aliphatic rings. The van der Waals surface area contributed by atoms with Crippen LogP contribution in [0.2, 0.25) is 0 Å². The maximum atomic E-state index is 13.0. The van der Waals surface area contributed by atoms with Gasteiger partial charge in [0.15, 0.2) is 5.78 Å². The van der Waals surface area contributed by atoms with Gasteiger partial charge in [-0.1, -0.05) is 12.1 Å². The number of nitrogens with zero attached hydrogens (tertiary/aromatic N) is 2. The zero-order valence-electron chi connectivity index (χ0n) is 15.1. The van der Waals surface area contributed by atoms with E-state index in [1.165, 1.54) is 0 Å². The van der Waals surface area contributed by atoms with Crippen molar-refractivity contribution in [1.82, 2.24) is 9.80 Å². The van der Waals surface area contributed by atoms with Gasteiger partial charge in [0.25, 0.3) is 11.8 Å². The largest absolute Gasteiger partial charge is 0.341 e. The summed E-state index contributed by atoms with van der Waals surface area (Å²) < 4.78 is 0. The third-order valence-corrected chi connectivity index (χ3v) is 5.49. The van der Waals surface area contributed by atoms with E-state index in [1.54, 1.807) is 30.1 Å². The standard InChI is InChI=1S/C20H20N2O5/c1-21(18(25)11-5-6-11)10-12-3-2-4-14-17(12)20(27)22(19(14)26)15-8-7-13(23)9-16(15)24/h2-4,11,15H,5-10H2,1H3. The molecule has 4 rings (SSSR count). The molecule has 7 heteroatoms. The lowest BCUT2D eigenvalue weighted by molar-refractivity contribution is -0.133. The Labute approximate surface area is 156 Å². The summed E-state index contributed by atoms with van der Waals surface area (Å²) in [6.45, 7) is 0.239. The van der Waals surface area contributed by atoms with Crippen LogP contribution in [0.5, 0.6) is 0 Å². The molecule has 0 aromatic heterocycles. The van der Waals surface area contributed by atoms with E-state index < -0.39 is 17.9 Å². The molecule has 1 unspecified atom stereocenters. The number of amides is 3. The fraction of sp³-hybridized carbons (Fsp3) is 0.450. The predicted octanol–water partition coefficient (Wildman–Crippen LogP) is 1.34. The van der Waals surface area contributed by atoms with Crippen LogP contribution in [0.15, 0.2) is 18.2 Å². The molecule has 7 nitrogen and oxygen atoms in total. The van der Waals surface area contributed by atoms with E-state index in [0.717, 1.165) is 17.7 Å². The highest BCUT2D eigenvalue weighted by Crippen LogP contribution is 2.33. The summed E-state index contributed by atoms with van der Waals surface area (Å²) in [6, 6.07) is 4.11. The van der Waals surface area contributed by atoms with Crippen LogP contribution in [-0.2, 0) is 20.9 Å². The van der Waals surface area contributed by atoms with E-state index in [0.29, 0.717) is 5.56 Å². The molecule has 1 heterocycles. The lowest BCUT2D eigenvalue weighted by Gasteiger charge is -2.27. The molecule has 140 valence electrons. The van der Waals surface area contributed by atoms with Crippen LogP contribution in [0, 0.1) is 5.92 Å². The predicted molar refractivity (Wildman–Crippen MR) is 93.8 cm³/mol. The summed E-state index contributed by atoms with van der Waals surface area (Å²) in [5.41, 5.74) is 1.13. The Kier molecular flexibility index (Phi) is 4.17. The lowest BCUT2D eigenvalue weighted by atomic mass is 9.92. The fourth-order valence-corrected chi connectivity index (χ4v) is 3.90. The average molecular weight is 368 g/mol. The van der Waals surface area contributed by atoms with Crippen molar-refractivity contribution < 1.29 is 24.0 Å². The highest BCUT2D eigenvalue weighted by atomic mass is 16.2. The van der Waals surface area contributed by atoms with Crippen LogP contribution in [0.25, 0.3) is 0 Å². The summed E-state index contributed by atoms with van der Waals surface area (Å²) in [5.74, 6) is -1.44. The Morgan fingerprint density at radius 3 is 2.52 bits per heavy atom. The first-order valence-corrected chi connectivity index (χ1v) is 9.17. The first kappa shape index (κ1) is 17.6. The van der Waals surface area contributed by atoms with Gasteiger partial charge in [0.05, 0.1) is 23.6 Å².